The molecule has 114 valence electrons. The van der Waals surface area contributed by atoms with E-state index >= 15 is 0 Å². The highest BCUT2D eigenvalue weighted by Gasteiger charge is 2.27. The Morgan fingerprint density at radius 3 is 1.74 bits per heavy atom. The van der Waals surface area contributed by atoms with Crippen LogP contribution in [0.25, 0.3) is 0 Å². The number of carbonyl (C=O) groups is 2. The first-order chi connectivity index (χ1) is 11.2. The molecule has 0 aliphatic rings. The SMILES string of the molecule is Cc1cnnn1N(C(=O)c1ccccc1)C(=O)c1ccccc1. The lowest BCUT2D eigenvalue weighted by Gasteiger charge is -2.21. The van der Waals surface area contributed by atoms with E-state index in [4.69, 9.17) is 0 Å². The van der Waals surface area contributed by atoms with Crippen molar-refractivity contribution in [3.05, 3.63) is 83.7 Å². The molecule has 0 spiro atoms. The Kier molecular flexibility index (Phi) is 3.97. The number of aryl methyl sites for hydroxylation is 1. The molecule has 0 N–H and O–H groups in total. The summed E-state index contributed by atoms with van der Waals surface area (Å²) in [6.07, 6.45) is 1.49. The highest BCUT2D eigenvalue weighted by Crippen LogP contribution is 2.10. The molecule has 6 heteroatoms. The lowest BCUT2D eigenvalue weighted by atomic mass is 10.1. The van der Waals surface area contributed by atoms with Crippen molar-refractivity contribution in [3.8, 4) is 0 Å². The molecular weight excluding hydrogens is 292 g/mol. The number of amides is 2. The third-order valence-corrected chi connectivity index (χ3v) is 3.31. The van der Waals surface area contributed by atoms with Crippen LogP contribution in [-0.4, -0.2) is 26.9 Å². The van der Waals surface area contributed by atoms with Crippen LogP contribution in [0, 0.1) is 6.92 Å². The van der Waals surface area contributed by atoms with Crippen LogP contribution in [0.5, 0.6) is 0 Å². The van der Waals surface area contributed by atoms with Gasteiger partial charge in [0.2, 0.25) is 0 Å². The molecule has 6 nitrogen and oxygen atoms in total. The number of aromatic nitrogens is 3. The Labute approximate surface area is 132 Å². The van der Waals surface area contributed by atoms with Crippen molar-refractivity contribution >= 4 is 11.8 Å². The zero-order valence-corrected chi connectivity index (χ0v) is 12.5. The molecule has 3 aromatic rings. The molecule has 23 heavy (non-hydrogen) atoms. The first-order valence-corrected chi connectivity index (χ1v) is 7.05. The predicted octanol–water partition coefficient (Wildman–Crippen LogP) is 2.21. The maximum absolute atomic E-state index is 12.8. The third-order valence-electron chi connectivity index (χ3n) is 3.31. The molecule has 1 heterocycles. The smallest absolute Gasteiger partial charge is 0.267 e. The molecule has 3 rings (SSSR count). The first kappa shape index (κ1) is 14.6. The van der Waals surface area contributed by atoms with Crippen molar-refractivity contribution < 1.29 is 9.59 Å². The molecule has 0 atom stereocenters. The van der Waals surface area contributed by atoms with E-state index in [9.17, 15) is 9.59 Å². The van der Waals surface area contributed by atoms with Gasteiger partial charge in [0.25, 0.3) is 11.8 Å². The van der Waals surface area contributed by atoms with Gasteiger partial charge in [-0.25, -0.2) is 0 Å². The van der Waals surface area contributed by atoms with Gasteiger partial charge in [-0.15, -0.1) is 9.89 Å². The van der Waals surface area contributed by atoms with Crippen LogP contribution in [0.1, 0.15) is 26.4 Å². The summed E-state index contributed by atoms with van der Waals surface area (Å²) < 4.78 is 0. The molecule has 2 aromatic carbocycles. The molecule has 0 fully saturated rings. The standard InChI is InChI=1S/C17H14N4O2/c1-13-12-18-19-21(13)20(16(22)14-8-4-2-5-9-14)17(23)15-10-6-3-7-11-15/h2-12H,1H3. The Balaban J connectivity index is 2.07. The average molecular weight is 306 g/mol. The second-order valence-corrected chi connectivity index (χ2v) is 4.92. The lowest BCUT2D eigenvalue weighted by Crippen LogP contribution is -2.46. The molecule has 0 aliphatic carbocycles. The van der Waals surface area contributed by atoms with Gasteiger partial charge in [-0.3, -0.25) is 9.59 Å². The monoisotopic (exact) mass is 306 g/mol. The predicted molar refractivity (Wildman–Crippen MR) is 84.5 cm³/mol. The van der Waals surface area contributed by atoms with Crippen LogP contribution in [0.4, 0.5) is 0 Å². The second-order valence-electron chi connectivity index (χ2n) is 4.92. The van der Waals surface area contributed by atoms with E-state index in [-0.39, 0.29) is 0 Å². The summed E-state index contributed by atoms with van der Waals surface area (Å²) in [5.74, 6) is -0.930. The van der Waals surface area contributed by atoms with Gasteiger partial charge in [-0.05, 0) is 36.4 Å². The first-order valence-electron chi connectivity index (χ1n) is 7.05. The second kappa shape index (κ2) is 6.23. The molecule has 0 aliphatic heterocycles. The van der Waals surface area contributed by atoms with E-state index in [1.807, 2.05) is 0 Å². The molecule has 0 saturated heterocycles. The van der Waals surface area contributed by atoms with E-state index < -0.39 is 11.8 Å². The summed E-state index contributed by atoms with van der Waals surface area (Å²) in [4.78, 5) is 26.9. The number of hydrogen-bond donors (Lipinski definition) is 0. The highest BCUT2D eigenvalue weighted by molar-refractivity contribution is 6.20. The number of nitrogens with zero attached hydrogens (tertiary/aromatic N) is 4. The van der Waals surface area contributed by atoms with E-state index in [0.717, 1.165) is 5.01 Å². The summed E-state index contributed by atoms with van der Waals surface area (Å²) in [5, 5.41) is 8.61. The van der Waals surface area contributed by atoms with Gasteiger partial charge in [0.1, 0.15) is 0 Å². The summed E-state index contributed by atoms with van der Waals surface area (Å²) >= 11 is 0. The average Bonchev–Trinajstić information content (AvgIpc) is 3.02. The van der Waals surface area contributed by atoms with Crippen LogP contribution in [0.15, 0.2) is 66.9 Å². The van der Waals surface area contributed by atoms with Crippen molar-refractivity contribution in [1.82, 2.24) is 15.1 Å². The van der Waals surface area contributed by atoms with Crippen LogP contribution in [0.3, 0.4) is 0 Å². The zero-order chi connectivity index (χ0) is 16.2. The summed E-state index contributed by atoms with van der Waals surface area (Å²) in [7, 11) is 0. The summed E-state index contributed by atoms with van der Waals surface area (Å²) in [6, 6.07) is 17.2. The highest BCUT2D eigenvalue weighted by atomic mass is 16.2. The molecule has 0 bridgehead atoms. The minimum Gasteiger partial charge on any atom is -0.267 e. The van der Waals surface area contributed by atoms with Crippen LogP contribution < -0.4 is 5.01 Å². The maximum Gasteiger partial charge on any atom is 0.281 e. The van der Waals surface area contributed by atoms with Crippen molar-refractivity contribution in [2.45, 2.75) is 6.92 Å². The van der Waals surface area contributed by atoms with Gasteiger partial charge < -0.3 is 0 Å². The molecule has 0 saturated carbocycles. The van der Waals surface area contributed by atoms with E-state index in [2.05, 4.69) is 10.3 Å². The minimum atomic E-state index is -0.465. The van der Waals surface area contributed by atoms with Crippen molar-refractivity contribution in [2.24, 2.45) is 0 Å². The van der Waals surface area contributed by atoms with Gasteiger partial charge in [-0.1, -0.05) is 36.4 Å². The van der Waals surface area contributed by atoms with Crippen LogP contribution in [-0.2, 0) is 0 Å². The maximum atomic E-state index is 12.8. The Morgan fingerprint density at radius 2 is 1.35 bits per heavy atom. The van der Waals surface area contributed by atoms with Crippen LogP contribution in [0.2, 0.25) is 0 Å². The van der Waals surface area contributed by atoms with Gasteiger partial charge in [0.15, 0.2) is 0 Å². The number of rotatable bonds is 3. The molecule has 2 amide bonds. The Bertz CT molecular complexity index is 777. The van der Waals surface area contributed by atoms with Crippen molar-refractivity contribution in [3.63, 3.8) is 0 Å². The molecule has 0 unspecified atom stereocenters. The number of hydrogen-bond acceptors (Lipinski definition) is 4. The minimum absolute atomic E-state index is 0.395. The van der Waals surface area contributed by atoms with E-state index in [1.165, 1.54) is 11.0 Å². The zero-order valence-electron chi connectivity index (χ0n) is 12.5. The van der Waals surface area contributed by atoms with Gasteiger partial charge in [0, 0.05) is 11.1 Å². The largest absolute Gasteiger partial charge is 0.281 e. The van der Waals surface area contributed by atoms with Crippen molar-refractivity contribution in [1.29, 1.82) is 0 Å². The Hall–Kier alpha value is -3.28. The van der Waals surface area contributed by atoms with E-state index in [1.54, 1.807) is 67.6 Å². The fraction of sp³-hybridized carbons (Fsp3) is 0.0588. The van der Waals surface area contributed by atoms with Gasteiger partial charge >= 0.3 is 0 Å². The van der Waals surface area contributed by atoms with Crippen LogP contribution >= 0.6 is 0 Å². The normalized spacial score (nSPS) is 10.3. The number of benzene rings is 2. The fourth-order valence-electron chi connectivity index (χ4n) is 2.15. The van der Waals surface area contributed by atoms with Crippen molar-refractivity contribution in [2.75, 3.05) is 5.01 Å². The Morgan fingerprint density at radius 1 is 0.870 bits per heavy atom. The van der Waals surface area contributed by atoms with E-state index in [0.29, 0.717) is 16.8 Å². The third kappa shape index (κ3) is 2.87. The van der Waals surface area contributed by atoms with Gasteiger partial charge in [-0.2, -0.15) is 5.01 Å². The molecule has 1 aromatic heterocycles. The van der Waals surface area contributed by atoms with Gasteiger partial charge in [0.05, 0.1) is 11.9 Å². The summed E-state index contributed by atoms with van der Waals surface area (Å²) in [5.41, 5.74) is 1.37. The summed E-state index contributed by atoms with van der Waals surface area (Å²) in [6.45, 7) is 1.73. The lowest BCUT2D eigenvalue weighted by molar-refractivity contribution is 0.0846. The topological polar surface area (TPSA) is 68.1 Å². The quantitative estimate of drug-likeness (QED) is 0.696. The number of carbonyl (C=O) groups excluding carboxylic acids is 2. The fourth-order valence-corrected chi connectivity index (χ4v) is 2.15. The number of imide groups is 1. The molecular formula is C17H14N4O2. The molecule has 0 radical (unpaired) electrons.